The topological polar surface area (TPSA) is 42.8 Å². The quantitative estimate of drug-likeness (QED) is 0.683. The number of nitrogens with one attached hydrogen (secondary N) is 1. The minimum atomic E-state index is 0.567. The van der Waals surface area contributed by atoms with Crippen LogP contribution in [0, 0.1) is 18.6 Å². The largest absolute Gasteiger partial charge is 0.481 e. The third kappa shape index (κ3) is 2.38. The molecule has 4 nitrogen and oxygen atoms in total. The van der Waals surface area contributed by atoms with Crippen molar-refractivity contribution in [3.8, 4) is 11.6 Å². The molecule has 2 heterocycles. The van der Waals surface area contributed by atoms with Gasteiger partial charge in [-0.1, -0.05) is 15.9 Å². The monoisotopic (exact) mass is 363 g/mol. The Morgan fingerprint density at radius 3 is 2.52 bits per heavy atom. The highest BCUT2D eigenvalue weighted by Crippen LogP contribution is 2.28. The Balaban J connectivity index is 2.40. The molecule has 3 rings (SSSR count). The van der Waals surface area contributed by atoms with Gasteiger partial charge < -0.3 is 9.72 Å². The van der Waals surface area contributed by atoms with Crippen LogP contribution in [0.15, 0.2) is 28.7 Å². The predicted molar refractivity (Wildman–Crippen MR) is 90.0 cm³/mol. The third-order valence-electron chi connectivity index (χ3n) is 3.39. The molecule has 1 N–H and O–H groups in total. The van der Waals surface area contributed by atoms with Gasteiger partial charge in [-0.2, -0.15) is 4.98 Å². The minimum Gasteiger partial charge on any atom is -0.481 e. The molecule has 0 amide bonds. The molecule has 0 unspecified atom stereocenters. The molecule has 0 fully saturated rings. The van der Waals surface area contributed by atoms with Crippen LogP contribution in [0.25, 0.3) is 16.9 Å². The number of hydrogen-bond acceptors (Lipinski definition) is 3. The molecule has 0 spiro atoms. The number of methoxy groups -OCH3 is 1. The van der Waals surface area contributed by atoms with Gasteiger partial charge in [-0.15, -0.1) is 0 Å². The van der Waals surface area contributed by atoms with Crippen molar-refractivity contribution in [3.05, 3.63) is 44.6 Å². The van der Waals surface area contributed by atoms with Gasteiger partial charge in [0.25, 0.3) is 0 Å². The Morgan fingerprint density at radius 2 is 1.90 bits per heavy atom. The molecule has 1 aromatic carbocycles. The molecular weight excluding hydrogens is 350 g/mol. The van der Waals surface area contributed by atoms with Gasteiger partial charge in [0, 0.05) is 10.5 Å². The van der Waals surface area contributed by atoms with E-state index in [2.05, 4.69) is 51.9 Å². The van der Waals surface area contributed by atoms with Gasteiger partial charge in [0.2, 0.25) is 5.88 Å². The Bertz CT molecular complexity index is 875. The van der Waals surface area contributed by atoms with Crippen molar-refractivity contribution in [2.45, 2.75) is 13.8 Å². The van der Waals surface area contributed by atoms with Crippen molar-refractivity contribution in [3.63, 3.8) is 0 Å². The Hall–Kier alpha value is -1.66. The molecule has 21 heavy (non-hydrogen) atoms. The van der Waals surface area contributed by atoms with E-state index in [1.54, 1.807) is 7.11 Å². The SMILES string of the molecule is COc1ccc2[nH]c(=S)n(-c3c(C)cc(Br)cc3C)c2n1. The van der Waals surface area contributed by atoms with Crippen LogP contribution in [-0.2, 0) is 0 Å². The number of H-pyrrole nitrogens is 1. The van der Waals surface area contributed by atoms with Crippen LogP contribution in [0.1, 0.15) is 11.1 Å². The van der Waals surface area contributed by atoms with E-state index in [-0.39, 0.29) is 0 Å². The van der Waals surface area contributed by atoms with Gasteiger partial charge in [-0.05, 0) is 55.4 Å². The van der Waals surface area contributed by atoms with E-state index in [4.69, 9.17) is 17.0 Å². The molecule has 0 saturated carbocycles. The van der Waals surface area contributed by atoms with Gasteiger partial charge in [0.1, 0.15) is 0 Å². The van der Waals surface area contributed by atoms with E-state index in [0.717, 1.165) is 32.5 Å². The smallest absolute Gasteiger partial charge is 0.215 e. The highest BCUT2D eigenvalue weighted by atomic mass is 79.9. The van der Waals surface area contributed by atoms with E-state index in [1.807, 2.05) is 16.7 Å². The molecule has 2 aromatic heterocycles. The van der Waals surface area contributed by atoms with E-state index < -0.39 is 0 Å². The second-order valence-electron chi connectivity index (χ2n) is 4.88. The van der Waals surface area contributed by atoms with Gasteiger partial charge in [-0.3, -0.25) is 4.57 Å². The number of aromatic amines is 1. The molecule has 0 bridgehead atoms. The lowest BCUT2D eigenvalue weighted by Crippen LogP contribution is -2.02. The van der Waals surface area contributed by atoms with Gasteiger partial charge in [0.05, 0.1) is 18.3 Å². The minimum absolute atomic E-state index is 0.567. The number of aromatic nitrogens is 3. The first kappa shape index (κ1) is 14.3. The van der Waals surface area contributed by atoms with E-state index >= 15 is 0 Å². The van der Waals surface area contributed by atoms with Gasteiger partial charge in [0.15, 0.2) is 10.4 Å². The summed E-state index contributed by atoms with van der Waals surface area (Å²) in [6.07, 6.45) is 0. The van der Waals surface area contributed by atoms with E-state index in [0.29, 0.717) is 10.7 Å². The number of ether oxygens (including phenoxy) is 1. The van der Waals surface area contributed by atoms with Crippen LogP contribution >= 0.6 is 28.1 Å². The fourth-order valence-corrected chi connectivity index (χ4v) is 3.52. The average Bonchev–Trinajstić information content (AvgIpc) is 2.73. The Labute approximate surface area is 135 Å². The maximum Gasteiger partial charge on any atom is 0.215 e. The summed E-state index contributed by atoms with van der Waals surface area (Å²) in [6.45, 7) is 4.13. The number of benzene rings is 1. The number of aryl methyl sites for hydroxylation is 2. The summed E-state index contributed by atoms with van der Waals surface area (Å²) >= 11 is 9.00. The summed E-state index contributed by atoms with van der Waals surface area (Å²) < 4.78 is 8.86. The molecule has 0 aliphatic carbocycles. The van der Waals surface area contributed by atoms with Crippen molar-refractivity contribution in [2.24, 2.45) is 0 Å². The summed E-state index contributed by atoms with van der Waals surface area (Å²) in [4.78, 5) is 7.72. The van der Waals surface area contributed by atoms with Crippen molar-refractivity contribution < 1.29 is 4.74 Å². The summed E-state index contributed by atoms with van der Waals surface area (Å²) in [7, 11) is 1.61. The molecule has 0 atom stereocenters. The van der Waals surface area contributed by atoms with Gasteiger partial charge in [-0.25, -0.2) is 0 Å². The lowest BCUT2D eigenvalue weighted by Gasteiger charge is -2.12. The van der Waals surface area contributed by atoms with Crippen LogP contribution in [0.5, 0.6) is 5.88 Å². The van der Waals surface area contributed by atoms with Crippen LogP contribution in [0.2, 0.25) is 0 Å². The normalized spacial score (nSPS) is 11.0. The molecule has 6 heteroatoms. The molecule has 0 aliphatic heterocycles. The maximum atomic E-state index is 5.48. The lowest BCUT2D eigenvalue weighted by atomic mass is 10.1. The highest BCUT2D eigenvalue weighted by molar-refractivity contribution is 9.10. The second kappa shape index (κ2) is 5.27. The van der Waals surface area contributed by atoms with Crippen molar-refractivity contribution in [1.29, 1.82) is 0 Å². The van der Waals surface area contributed by atoms with Crippen molar-refractivity contribution in [1.82, 2.24) is 14.5 Å². The molecule has 0 aliphatic rings. The fraction of sp³-hybridized carbons (Fsp3) is 0.200. The molecule has 108 valence electrons. The highest BCUT2D eigenvalue weighted by Gasteiger charge is 2.13. The zero-order valence-corrected chi connectivity index (χ0v) is 14.3. The van der Waals surface area contributed by atoms with Crippen LogP contribution in [0.4, 0.5) is 0 Å². The summed E-state index contributed by atoms with van der Waals surface area (Å²) in [5.41, 5.74) is 4.97. The lowest BCUT2D eigenvalue weighted by molar-refractivity contribution is 0.399. The van der Waals surface area contributed by atoms with E-state index in [1.165, 1.54) is 0 Å². The fourth-order valence-electron chi connectivity index (χ4n) is 2.54. The zero-order valence-electron chi connectivity index (χ0n) is 11.9. The molecule has 0 radical (unpaired) electrons. The average molecular weight is 364 g/mol. The summed E-state index contributed by atoms with van der Waals surface area (Å²) in [5, 5.41) is 0. The van der Waals surface area contributed by atoms with Gasteiger partial charge >= 0.3 is 0 Å². The second-order valence-corrected chi connectivity index (χ2v) is 6.18. The first-order valence-corrected chi connectivity index (χ1v) is 7.64. The number of pyridine rings is 1. The number of fused-ring (bicyclic) bond motifs is 1. The standard InChI is InChI=1S/C15H14BrN3OS/c1-8-6-10(16)7-9(2)13(8)19-14-11(17-15(19)21)4-5-12(18-14)20-3/h4-7H,1-3H3,(H,17,21). The third-order valence-corrected chi connectivity index (χ3v) is 4.14. The first-order valence-electron chi connectivity index (χ1n) is 6.44. The predicted octanol–water partition coefficient (Wildman–Crippen LogP) is 4.47. The van der Waals surface area contributed by atoms with E-state index in [9.17, 15) is 0 Å². The summed E-state index contributed by atoms with van der Waals surface area (Å²) in [5.74, 6) is 0.567. The molecule has 0 saturated heterocycles. The Morgan fingerprint density at radius 1 is 1.24 bits per heavy atom. The Kier molecular flexibility index (Phi) is 3.59. The van der Waals surface area contributed by atoms with Crippen molar-refractivity contribution in [2.75, 3.05) is 7.11 Å². The molecular formula is C15H14BrN3OS. The number of rotatable bonds is 2. The maximum absolute atomic E-state index is 5.48. The number of imidazole rings is 1. The number of nitrogens with zero attached hydrogens (tertiary/aromatic N) is 2. The van der Waals surface area contributed by atoms with Crippen LogP contribution in [-0.4, -0.2) is 21.6 Å². The van der Waals surface area contributed by atoms with Crippen LogP contribution in [0.3, 0.4) is 0 Å². The number of hydrogen-bond donors (Lipinski definition) is 1. The van der Waals surface area contributed by atoms with Crippen molar-refractivity contribution >= 4 is 39.3 Å². The molecule has 3 aromatic rings. The number of halogens is 1. The first-order chi connectivity index (χ1) is 10.0. The summed E-state index contributed by atoms with van der Waals surface area (Å²) in [6, 6.07) is 7.89. The zero-order chi connectivity index (χ0) is 15.1. The van der Waals surface area contributed by atoms with Crippen LogP contribution < -0.4 is 4.74 Å².